The van der Waals surface area contributed by atoms with Crippen LogP contribution in [-0.4, -0.2) is 54.5 Å². The van der Waals surface area contributed by atoms with Crippen molar-refractivity contribution in [1.29, 1.82) is 0 Å². The van der Waals surface area contributed by atoms with E-state index >= 15 is 0 Å². The fraction of sp³-hybridized carbons (Fsp3) is 0.276. The summed E-state index contributed by atoms with van der Waals surface area (Å²) in [6, 6.07) is 26.6. The molecule has 2 heterocycles. The number of hydrogen-bond acceptors (Lipinski definition) is 6. The van der Waals surface area contributed by atoms with Gasteiger partial charge in [-0.25, -0.2) is 0 Å². The molecule has 0 unspecified atom stereocenters. The Morgan fingerprint density at radius 2 is 1.78 bits per heavy atom. The van der Waals surface area contributed by atoms with E-state index in [9.17, 15) is 0 Å². The zero-order valence-corrected chi connectivity index (χ0v) is 20.7. The van der Waals surface area contributed by atoms with Crippen molar-refractivity contribution >= 4 is 17.2 Å². The van der Waals surface area contributed by atoms with Crippen LogP contribution in [0.4, 0.5) is 17.2 Å². The second-order valence-electron chi connectivity index (χ2n) is 9.00. The van der Waals surface area contributed by atoms with Crippen LogP contribution in [-0.2, 0) is 11.3 Å². The van der Waals surface area contributed by atoms with E-state index in [-0.39, 0.29) is 0 Å². The Hall–Kier alpha value is -3.81. The lowest BCUT2D eigenvalue weighted by Crippen LogP contribution is -2.39. The third-order valence-corrected chi connectivity index (χ3v) is 6.34. The molecule has 186 valence electrons. The smallest absolute Gasteiger partial charge is 0.152 e. The summed E-state index contributed by atoms with van der Waals surface area (Å²) in [4.78, 5) is 2.43. The highest BCUT2D eigenvalue weighted by molar-refractivity contribution is 5.69. The van der Waals surface area contributed by atoms with Gasteiger partial charge in [-0.15, -0.1) is 0 Å². The molecule has 3 N–H and O–H groups in total. The third-order valence-electron chi connectivity index (χ3n) is 6.34. The van der Waals surface area contributed by atoms with E-state index in [0.29, 0.717) is 6.61 Å². The number of nitrogens with one attached hydrogen (secondary N) is 3. The van der Waals surface area contributed by atoms with Crippen molar-refractivity contribution in [3.63, 3.8) is 0 Å². The van der Waals surface area contributed by atoms with E-state index in [4.69, 9.17) is 9.47 Å². The molecule has 36 heavy (non-hydrogen) atoms. The van der Waals surface area contributed by atoms with Crippen molar-refractivity contribution in [2.75, 3.05) is 50.0 Å². The molecule has 0 bridgehead atoms. The zero-order valence-electron chi connectivity index (χ0n) is 20.7. The number of hydrogen-bond donors (Lipinski definition) is 3. The van der Waals surface area contributed by atoms with Gasteiger partial charge >= 0.3 is 0 Å². The van der Waals surface area contributed by atoms with Crippen molar-refractivity contribution in [3.05, 3.63) is 90.0 Å². The largest absolute Gasteiger partial charge is 0.489 e. The molecule has 0 spiro atoms. The van der Waals surface area contributed by atoms with Gasteiger partial charge in [-0.1, -0.05) is 30.3 Å². The molecule has 3 aromatic carbocycles. The molecule has 5 rings (SSSR count). The molecule has 1 fully saturated rings. The summed E-state index contributed by atoms with van der Waals surface area (Å²) in [5, 5.41) is 14.5. The lowest BCUT2D eigenvalue weighted by atomic mass is 10.1. The minimum absolute atomic E-state index is 0.555. The predicted molar refractivity (Wildman–Crippen MR) is 145 cm³/mol. The number of nitrogens with zero attached hydrogens (tertiary/aromatic N) is 2. The molecule has 0 amide bonds. The summed E-state index contributed by atoms with van der Waals surface area (Å²) < 4.78 is 11.3. The van der Waals surface area contributed by atoms with Crippen LogP contribution < -0.4 is 15.4 Å². The molecule has 0 atom stereocenters. The minimum atomic E-state index is 0.555. The van der Waals surface area contributed by atoms with Crippen LogP contribution in [0.3, 0.4) is 0 Å². The first-order valence-electron chi connectivity index (χ1n) is 12.5. The van der Waals surface area contributed by atoms with Gasteiger partial charge in [0.1, 0.15) is 12.4 Å². The lowest BCUT2D eigenvalue weighted by Gasteiger charge is -2.26. The monoisotopic (exact) mass is 483 g/mol. The highest BCUT2D eigenvalue weighted by Gasteiger charge is 2.10. The normalized spacial score (nSPS) is 13.9. The van der Waals surface area contributed by atoms with Crippen molar-refractivity contribution in [2.45, 2.75) is 13.5 Å². The Balaban J connectivity index is 1.13. The van der Waals surface area contributed by atoms with Gasteiger partial charge in [0.05, 0.1) is 18.9 Å². The van der Waals surface area contributed by atoms with E-state index in [2.05, 4.69) is 63.0 Å². The number of morpholine rings is 1. The minimum Gasteiger partial charge on any atom is -0.489 e. The first kappa shape index (κ1) is 23.9. The number of aromatic amines is 1. The van der Waals surface area contributed by atoms with Crippen LogP contribution >= 0.6 is 0 Å². The fourth-order valence-electron chi connectivity index (χ4n) is 4.24. The van der Waals surface area contributed by atoms with Gasteiger partial charge in [0.25, 0.3) is 0 Å². The van der Waals surface area contributed by atoms with Crippen LogP contribution in [0.25, 0.3) is 11.3 Å². The number of aryl methyl sites for hydroxylation is 1. The first-order valence-corrected chi connectivity index (χ1v) is 12.5. The van der Waals surface area contributed by atoms with Crippen LogP contribution in [0.5, 0.6) is 5.75 Å². The summed E-state index contributed by atoms with van der Waals surface area (Å²) in [7, 11) is 0. The van der Waals surface area contributed by atoms with Crippen molar-refractivity contribution in [3.8, 4) is 17.0 Å². The number of H-pyrrole nitrogens is 1. The van der Waals surface area contributed by atoms with Crippen LogP contribution in [0.2, 0.25) is 0 Å². The number of benzene rings is 3. The molecule has 1 saturated heterocycles. The number of ether oxygens (including phenoxy) is 2. The summed E-state index contributed by atoms with van der Waals surface area (Å²) in [6.07, 6.45) is 0. The van der Waals surface area contributed by atoms with Crippen molar-refractivity contribution in [2.24, 2.45) is 0 Å². The van der Waals surface area contributed by atoms with Crippen LogP contribution in [0.15, 0.2) is 78.9 Å². The molecule has 7 nitrogen and oxygen atoms in total. The van der Waals surface area contributed by atoms with E-state index in [0.717, 1.165) is 84.7 Å². The molecule has 4 aromatic rings. The second kappa shape index (κ2) is 11.7. The molecule has 1 aromatic heterocycles. The Morgan fingerprint density at radius 1 is 0.972 bits per heavy atom. The summed E-state index contributed by atoms with van der Waals surface area (Å²) in [6.45, 7) is 8.31. The highest BCUT2D eigenvalue weighted by Crippen LogP contribution is 2.27. The van der Waals surface area contributed by atoms with E-state index in [1.807, 2.05) is 48.5 Å². The van der Waals surface area contributed by atoms with Gasteiger partial charge < -0.3 is 20.1 Å². The van der Waals surface area contributed by atoms with Gasteiger partial charge in [-0.2, -0.15) is 5.10 Å². The quantitative estimate of drug-likeness (QED) is 0.278. The van der Waals surface area contributed by atoms with Gasteiger partial charge in [-0.3, -0.25) is 10.00 Å². The zero-order chi connectivity index (χ0) is 24.6. The maximum absolute atomic E-state index is 5.89. The Kier molecular flexibility index (Phi) is 7.80. The molecule has 0 aliphatic carbocycles. The fourth-order valence-corrected chi connectivity index (χ4v) is 4.24. The predicted octanol–water partition coefficient (Wildman–Crippen LogP) is 5.45. The number of rotatable bonds is 10. The number of anilines is 3. The Bertz CT molecular complexity index is 1230. The van der Waals surface area contributed by atoms with E-state index in [1.54, 1.807) is 0 Å². The molecule has 0 radical (unpaired) electrons. The maximum atomic E-state index is 5.89. The van der Waals surface area contributed by atoms with Crippen LogP contribution in [0.1, 0.15) is 11.1 Å². The van der Waals surface area contributed by atoms with Gasteiger partial charge in [0, 0.05) is 43.6 Å². The summed E-state index contributed by atoms with van der Waals surface area (Å²) in [5.41, 5.74) is 6.49. The molecular formula is C29H33N5O2. The van der Waals surface area contributed by atoms with Crippen LogP contribution in [0, 0.1) is 6.92 Å². The first-order chi connectivity index (χ1) is 17.7. The maximum Gasteiger partial charge on any atom is 0.152 e. The standard InChI is InChI=1S/C29H33N5O2/c1-22-19-25(30-13-14-34-15-17-35-18-16-34)9-12-27(22)31-29-20-28(32-33-29)24-7-10-26(11-8-24)36-21-23-5-3-2-4-6-23/h2-12,19-20,30H,13-18,21H2,1H3,(H2,31,32,33). The van der Waals surface area contributed by atoms with Crippen molar-refractivity contribution in [1.82, 2.24) is 15.1 Å². The summed E-state index contributed by atoms with van der Waals surface area (Å²) in [5.74, 6) is 1.63. The SMILES string of the molecule is Cc1cc(NCCN2CCOCC2)ccc1Nc1cc(-c2ccc(OCc3ccccc3)cc2)[nH]n1. The Morgan fingerprint density at radius 3 is 2.56 bits per heavy atom. The van der Waals surface area contributed by atoms with E-state index in [1.165, 1.54) is 0 Å². The third kappa shape index (κ3) is 6.44. The molecule has 1 aliphatic rings. The molecule has 0 saturated carbocycles. The lowest BCUT2D eigenvalue weighted by molar-refractivity contribution is 0.0398. The Labute approximate surface area is 212 Å². The van der Waals surface area contributed by atoms with E-state index < -0.39 is 0 Å². The van der Waals surface area contributed by atoms with Gasteiger partial charge in [0.2, 0.25) is 0 Å². The summed E-state index contributed by atoms with van der Waals surface area (Å²) >= 11 is 0. The number of aromatic nitrogens is 2. The topological polar surface area (TPSA) is 74.4 Å². The van der Waals surface area contributed by atoms with Gasteiger partial charge in [0.15, 0.2) is 5.82 Å². The van der Waals surface area contributed by atoms with Crippen molar-refractivity contribution < 1.29 is 9.47 Å². The molecule has 7 heteroatoms. The average molecular weight is 484 g/mol. The average Bonchev–Trinajstić information content (AvgIpc) is 3.39. The van der Waals surface area contributed by atoms with Gasteiger partial charge in [-0.05, 0) is 66.1 Å². The molecular weight excluding hydrogens is 450 g/mol. The highest BCUT2D eigenvalue weighted by atomic mass is 16.5. The molecule has 1 aliphatic heterocycles. The second-order valence-corrected chi connectivity index (χ2v) is 9.00.